The van der Waals surface area contributed by atoms with Crippen LogP contribution in [0, 0.1) is 10.1 Å². The molecule has 2 N–H and O–H groups in total. The average molecular weight is 279 g/mol. The molecule has 0 unspecified atom stereocenters. The van der Waals surface area contributed by atoms with Crippen molar-refractivity contribution in [3.8, 4) is 11.5 Å². The third-order valence-electron chi connectivity index (χ3n) is 2.54. The Morgan fingerprint density at radius 1 is 1.21 bits per heavy atom. The Balaban J connectivity index is 2.37. The molecule has 0 bridgehead atoms. The third kappa shape index (κ3) is 3.01. The molecule has 0 saturated heterocycles. The van der Waals surface area contributed by atoms with Crippen LogP contribution in [0.2, 0.25) is 5.02 Å². The van der Waals surface area contributed by atoms with Gasteiger partial charge in [-0.05, 0) is 12.1 Å². The van der Waals surface area contributed by atoms with E-state index in [1.807, 2.05) is 12.1 Å². The number of nitro benzene ring substituents is 1. The lowest BCUT2D eigenvalue weighted by atomic mass is 10.2. The summed E-state index contributed by atoms with van der Waals surface area (Å²) in [6, 6.07) is 11.2. The van der Waals surface area contributed by atoms with Gasteiger partial charge in [0.25, 0.3) is 5.69 Å². The molecule has 0 aliphatic heterocycles. The van der Waals surface area contributed by atoms with Gasteiger partial charge in [0.2, 0.25) is 0 Å². The van der Waals surface area contributed by atoms with Gasteiger partial charge in [-0.1, -0.05) is 29.8 Å². The van der Waals surface area contributed by atoms with E-state index in [1.165, 1.54) is 18.2 Å². The number of nitro groups is 1. The molecule has 2 aromatic carbocycles. The van der Waals surface area contributed by atoms with Gasteiger partial charge in [-0.2, -0.15) is 0 Å². The number of halogens is 1. The van der Waals surface area contributed by atoms with Crippen molar-refractivity contribution in [3.05, 3.63) is 63.2 Å². The maximum Gasteiger partial charge on any atom is 0.273 e. The standard InChI is InChI=1S/C13H11ClN2O3/c14-11-6-5-10(16(17)18)7-13(11)19-12-4-2-1-3-9(12)8-15/h1-7H,8,15H2. The number of non-ortho nitro benzene ring substituents is 1. The number of nitrogens with two attached hydrogens (primary N) is 1. The van der Waals surface area contributed by atoms with Crippen LogP contribution in [0.15, 0.2) is 42.5 Å². The molecule has 0 saturated carbocycles. The average Bonchev–Trinajstić information content (AvgIpc) is 2.41. The van der Waals surface area contributed by atoms with Crippen molar-refractivity contribution in [2.45, 2.75) is 6.54 Å². The highest BCUT2D eigenvalue weighted by Gasteiger charge is 2.12. The molecule has 0 atom stereocenters. The highest BCUT2D eigenvalue weighted by atomic mass is 35.5. The van der Waals surface area contributed by atoms with Crippen LogP contribution in [0.1, 0.15) is 5.56 Å². The Kier molecular flexibility index (Phi) is 3.99. The summed E-state index contributed by atoms with van der Waals surface area (Å²) in [7, 11) is 0. The summed E-state index contributed by atoms with van der Waals surface area (Å²) in [6.07, 6.45) is 0. The quantitative estimate of drug-likeness (QED) is 0.686. The summed E-state index contributed by atoms with van der Waals surface area (Å²) in [6.45, 7) is 0.308. The maximum atomic E-state index is 10.7. The van der Waals surface area contributed by atoms with Crippen LogP contribution >= 0.6 is 11.6 Å². The molecule has 5 nitrogen and oxygen atoms in total. The molecule has 0 aliphatic rings. The first-order valence-corrected chi connectivity index (χ1v) is 5.89. The molecule has 19 heavy (non-hydrogen) atoms. The summed E-state index contributed by atoms with van der Waals surface area (Å²) in [5.74, 6) is 0.768. The van der Waals surface area contributed by atoms with Crippen LogP contribution in [-0.4, -0.2) is 4.92 Å². The first-order valence-electron chi connectivity index (χ1n) is 5.51. The zero-order valence-electron chi connectivity index (χ0n) is 9.88. The first-order chi connectivity index (χ1) is 9.11. The second-order valence-corrected chi connectivity index (χ2v) is 4.19. The van der Waals surface area contributed by atoms with Crippen molar-refractivity contribution in [2.75, 3.05) is 0 Å². The molecule has 0 fully saturated rings. The molecule has 0 aliphatic carbocycles. The van der Waals surface area contributed by atoms with Gasteiger partial charge in [0.05, 0.1) is 16.0 Å². The van der Waals surface area contributed by atoms with Gasteiger partial charge < -0.3 is 10.5 Å². The fourth-order valence-corrected chi connectivity index (χ4v) is 1.73. The number of benzene rings is 2. The van der Waals surface area contributed by atoms with Crippen LogP contribution in [0.25, 0.3) is 0 Å². The highest BCUT2D eigenvalue weighted by Crippen LogP contribution is 2.33. The molecular weight excluding hydrogens is 268 g/mol. The van der Waals surface area contributed by atoms with Crippen LogP contribution in [0.3, 0.4) is 0 Å². The number of nitrogens with zero attached hydrogens (tertiary/aromatic N) is 1. The van der Waals surface area contributed by atoms with Gasteiger partial charge in [-0.3, -0.25) is 10.1 Å². The molecule has 6 heteroatoms. The highest BCUT2D eigenvalue weighted by molar-refractivity contribution is 6.32. The number of para-hydroxylation sites is 1. The van der Waals surface area contributed by atoms with Crippen molar-refractivity contribution in [2.24, 2.45) is 5.73 Å². The molecule has 2 aromatic rings. The van der Waals surface area contributed by atoms with Gasteiger partial charge in [0.1, 0.15) is 5.75 Å². The van der Waals surface area contributed by atoms with Crippen molar-refractivity contribution < 1.29 is 9.66 Å². The summed E-state index contributed by atoms with van der Waals surface area (Å²) in [5, 5.41) is 11.0. The summed E-state index contributed by atoms with van der Waals surface area (Å²) >= 11 is 5.97. The van der Waals surface area contributed by atoms with Crippen molar-refractivity contribution in [1.29, 1.82) is 0 Å². The monoisotopic (exact) mass is 278 g/mol. The Hall–Kier alpha value is -2.11. The van der Waals surface area contributed by atoms with Gasteiger partial charge in [-0.25, -0.2) is 0 Å². The minimum absolute atomic E-state index is 0.0790. The summed E-state index contributed by atoms with van der Waals surface area (Å²) in [5.41, 5.74) is 6.32. The van der Waals surface area contributed by atoms with E-state index in [0.29, 0.717) is 17.3 Å². The number of rotatable bonds is 4. The Morgan fingerprint density at radius 3 is 2.63 bits per heavy atom. The molecule has 98 valence electrons. The van der Waals surface area contributed by atoms with Crippen molar-refractivity contribution in [3.63, 3.8) is 0 Å². The lowest BCUT2D eigenvalue weighted by molar-refractivity contribution is -0.384. The van der Waals surface area contributed by atoms with E-state index in [9.17, 15) is 10.1 Å². The van der Waals surface area contributed by atoms with E-state index in [-0.39, 0.29) is 11.4 Å². The Bertz CT molecular complexity index is 617. The zero-order chi connectivity index (χ0) is 13.8. The number of hydrogen-bond acceptors (Lipinski definition) is 4. The number of ether oxygens (including phenoxy) is 1. The zero-order valence-corrected chi connectivity index (χ0v) is 10.6. The van der Waals surface area contributed by atoms with Gasteiger partial charge in [0, 0.05) is 18.2 Å². The summed E-state index contributed by atoms with van der Waals surface area (Å²) in [4.78, 5) is 10.2. The lowest BCUT2D eigenvalue weighted by Gasteiger charge is -2.10. The first kappa shape index (κ1) is 13.3. The van der Waals surface area contributed by atoms with Gasteiger partial charge in [0.15, 0.2) is 5.75 Å². The predicted molar refractivity (Wildman–Crippen MR) is 72.5 cm³/mol. The molecule has 0 aromatic heterocycles. The smallest absolute Gasteiger partial charge is 0.273 e. The lowest BCUT2D eigenvalue weighted by Crippen LogP contribution is -1.99. The van der Waals surface area contributed by atoms with E-state index >= 15 is 0 Å². The normalized spacial score (nSPS) is 10.2. The van der Waals surface area contributed by atoms with Crippen LogP contribution in [0.4, 0.5) is 5.69 Å². The number of hydrogen-bond donors (Lipinski definition) is 1. The SMILES string of the molecule is NCc1ccccc1Oc1cc([N+](=O)[O-])ccc1Cl. The molecule has 2 rings (SSSR count). The van der Waals surface area contributed by atoms with E-state index in [0.717, 1.165) is 5.56 Å². The van der Waals surface area contributed by atoms with Gasteiger partial charge in [-0.15, -0.1) is 0 Å². The van der Waals surface area contributed by atoms with Gasteiger partial charge >= 0.3 is 0 Å². The fraction of sp³-hybridized carbons (Fsp3) is 0.0769. The minimum atomic E-state index is -0.502. The van der Waals surface area contributed by atoms with Crippen molar-refractivity contribution in [1.82, 2.24) is 0 Å². The van der Waals surface area contributed by atoms with Crippen LogP contribution in [0.5, 0.6) is 11.5 Å². The molecule has 0 radical (unpaired) electrons. The van der Waals surface area contributed by atoms with Crippen molar-refractivity contribution >= 4 is 17.3 Å². The molecular formula is C13H11ClN2O3. The maximum absolute atomic E-state index is 10.7. The third-order valence-corrected chi connectivity index (χ3v) is 2.85. The van der Waals surface area contributed by atoms with E-state index < -0.39 is 4.92 Å². The van der Waals surface area contributed by atoms with Crippen LogP contribution < -0.4 is 10.5 Å². The topological polar surface area (TPSA) is 78.4 Å². The predicted octanol–water partition coefficient (Wildman–Crippen LogP) is 3.50. The molecule has 0 amide bonds. The van der Waals surface area contributed by atoms with E-state index in [1.54, 1.807) is 12.1 Å². The molecule has 0 heterocycles. The Labute approximate surface area is 114 Å². The van der Waals surface area contributed by atoms with Crippen LogP contribution in [-0.2, 0) is 6.54 Å². The minimum Gasteiger partial charge on any atom is -0.455 e. The largest absolute Gasteiger partial charge is 0.455 e. The summed E-state index contributed by atoms with van der Waals surface area (Å²) < 4.78 is 5.61. The second kappa shape index (κ2) is 5.69. The Morgan fingerprint density at radius 2 is 1.95 bits per heavy atom. The van der Waals surface area contributed by atoms with E-state index in [2.05, 4.69) is 0 Å². The fourth-order valence-electron chi connectivity index (χ4n) is 1.57. The molecule has 0 spiro atoms. The van der Waals surface area contributed by atoms with E-state index in [4.69, 9.17) is 22.1 Å². The second-order valence-electron chi connectivity index (χ2n) is 3.79.